The topological polar surface area (TPSA) is 63.9 Å². The Balaban J connectivity index is 1.84. The lowest BCUT2D eigenvalue weighted by atomic mass is 9.97. The molecule has 3 N–H and O–H groups in total. The van der Waals surface area contributed by atoms with E-state index in [0.29, 0.717) is 6.54 Å². The van der Waals surface area contributed by atoms with Crippen molar-refractivity contribution in [2.75, 3.05) is 13.1 Å². The fraction of sp³-hybridized carbons (Fsp3) is 0.647. The summed E-state index contributed by atoms with van der Waals surface area (Å²) in [5.41, 5.74) is 1.71. The molecule has 1 aromatic carbocycles. The average molecular weight is 293 g/mol. The standard InChI is InChI=1S/C17H27NO3/c1-2-3-4-5-6-7-9-18-10-8-13-11-15(19)17(21)16(20)14(13)12-18/h11,19-21H,2-10,12H2,1H3. The second-order valence-electron chi connectivity index (χ2n) is 6.02. The predicted octanol–water partition coefficient (Wildman–Crippen LogP) is 3.52. The molecule has 118 valence electrons. The number of hydrogen-bond donors (Lipinski definition) is 3. The molecule has 0 saturated carbocycles. The molecule has 0 amide bonds. The lowest BCUT2D eigenvalue weighted by Crippen LogP contribution is -2.31. The van der Waals surface area contributed by atoms with Crippen LogP contribution in [0.2, 0.25) is 0 Å². The van der Waals surface area contributed by atoms with Crippen molar-refractivity contribution >= 4 is 0 Å². The SMILES string of the molecule is CCCCCCCCN1CCc2cc(O)c(O)c(O)c2C1. The number of nitrogens with zero attached hydrogens (tertiary/aromatic N) is 1. The largest absolute Gasteiger partial charge is 0.504 e. The zero-order valence-corrected chi connectivity index (χ0v) is 12.9. The minimum Gasteiger partial charge on any atom is -0.504 e. The monoisotopic (exact) mass is 293 g/mol. The van der Waals surface area contributed by atoms with Gasteiger partial charge in [0.05, 0.1) is 0 Å². The number of hydrogen-bond acceptors (Lipinski definition) is 4. The Morgan fingerprint density at radius 3 is 2.48 bits per heavy atom. The minimum absolute atomic E-state index is 0.155. The molecular formula is C17H27NO3. The van der Waals surface area contributed by atoms with Crippen LogP contribution in [0, 0.1) is 0 Å². The molecule has 0 unspecified atom stereocenters. The fourth-order valence-electron chi connectivity index (χ4n) is 3.02. The normalized spacial score (nSPS) is 15.1. The Bertz CT molecular complexity index is 474. The van der Waals surface area contributed by atoms with Gasteiger partial charge in [0.2, 0.25) is 5.75 Å². The first-order valence-electron chi connectivity index (χ1n) is 8.11. The van der Waals surface area contributed by atoms with Gasteiger partial charge in [-0.3, -0.25) is 4.90 Å². The maximum Gasteiger partial charge on any atom is 0.200 e. The van der Waals surface area contributed by atoms with Crippen molar-refractivity contribution in [1.29, 1.82) is 0 Å². The van der Waals surface area contributed by atoms with Crippen molar-refractivity contribution in [3.63, 3.8) is 0 Å². The first-order valence-corrected chi connectivity index (χ1v) is 8.11. The molecule has 1 heterocycles. The van der Waals surface area contributed by atoms with E-state index in [0.717, 1.165) is 30.6 Å². The van der Waals surface area contributed by atoms with Gasteiger partial charge in [-0.05, 0) is 31.0 Å². The van der Waals surface area contributed by atoms with Crippen LogP contribution in [0.15, 0.2) is 6.07 Å². The molecule has 1 aliphatic rings. The van der Waals surface area contributed by atoms with E-state index in [1.54, 1.807) is 6.07 Å². The molecule has 0 radical (unpaired) electrons. The molecule has 0 saturated heterocycles. The van der Waals surface area contributed by atoms with Gasteiger partial charge in [-0.25, -0.2) is 0 Å². The average Bonchev–Trinajstić information content (AvgIpc) is 2.49. The summed E-state index contributed by atoms with van der Waals surface area (Å²) in [4.78, 5) is 2.32. The summed E-state index contributed by atoms with van der Waals surface area (Å²) < 4.78 is 0. The Hall–Kier alpha value is -1.42. The van der Waals surface area contributed by atoms with Crippen molar-refractivity contribution in [2.45, 2.75) is 58.4 Å². The second-order valence-corrected chi connectivity index (χ2v) is 6.02. The first kappa shape index (κ1) is 16.0. The molecule has 0 bridgehead atoms. The summed E-state index contributed by atoms with van der Waals surface area (Å²) in [5.74, 6) is -0.775. The van der Waals surface area contributed by atoms with Crippen molar-refractivity contribution in [2.24, 2.45) is 0 Å². The molecule has 0 aliphatic carbocycles. The highest BCUT2D eigenvalue weighted by Gasteiger charge is 2.23. The number of benzene rings is 1. The molecule has 0 atom stereocenters. The van der Waals surface area contributed by atoms with Gasteiger partial charge >= 0.3 is 0 Å². The number of unbranched alkanes of at least 4 members (excludes halogenated alkanes) is 5. The summed E-state index contributed by atoms with van der Waals surface area (Å²) in [6, 6.07) is 1.58. The number of fused-ring (bicyclic) bond motifs is 1. The van der Waals surface area contributed by atoms with Crippen LogP contribution in [-0.2, 0) is 13.0 Å². The summed E-state index contributed by atoms with van der Waals surface area (Å²) in [7, 11) is 0. The first-order chi connectivity index (χ1) is 10.1. The fourth-order valence-corrected chi connectivity index (χ4v) is 3.02. The van der Waals surface area contributed by atoms with Crippen LogP contribution in [0.1, 0.15) is 56.6 Å². The molecule has 4 nitrogen and oxygen atoms in total. The highest BCUT2D eigenvalue weighted by atomic mass is 16.3. The van der Waals surface area contributed by atoms with E-state index in [1.807, 2.05) is 0 Å². The van der Waals surface area contributed by atoms with Crippen molar-refractivity contribution < 1.29 is 15.3 Å². The molecule has 1 aliphatic heterocycles. The molecule has 0 aromatic heterocycles. The Kier molecular flexibility index (Phi) is 5.74. The molecule has 0 fully saturated rings. The van der Waals surface area contributed by atoms with Crippen LogP contribution < -0.4 is 0 Å². The lowest BCUT2D eigenvalue weighted by molar-refractivity contribution is 0.241. The highest BCUT2D eigenvalue weighted by Crippen LogP contribution is 2.41. The third kappa shape index (κ3) is 4.03. The summed E-state index contributed by atoms with van der Waals surface area (Å²) >= 11 is 0. The molecule has 1 aromatic rings. The quantitative estimate of drug-likeness (QED) is 0.531. The number of phenolic OH excluding ortho intramolecular Hbond substituents is 3. The van der Waals surface area contributed by atoms with Gasteiger partial charge in [0.15, 0.2) is 11.5 Å². The van der Waals surface area contributed by atoms with Gasteiger partial charge in [0, 0.05) is 18.7 Å². The van der Waals surface area contributed by atoms with E-state index >= 15 is 0 Å². The van der Waals surface area contributed by atoms with Gasteiger partial charge in [0.25, 0.3) is 0 Å². The molecular weight excluding hydrogens is 266 g/mol. The molecule has 21 heavy (non-hydrogen) atoms. The predicted molar refractivity (Wildman–Crippen MR) is 83.8 cm³/mol. The molecule has 2 rings (SSSR count). The summed E-state index contributed by atoms with van der Waals surface area (Å²) in [6.45, 7) is 4.87. The van der Waals surface area contributed by atoms with Crippen LogP contribution in [0.25, 0.3) is 0 Å². The third-order valence-electron chi connectivity index (χ3n) is 4.36. The summed E-state index contributed by atoms with van der Waals surface area (Å²) in [6.07, 6.45) is 8.49. The lowest BCUT2D eigenvalue weighted by Gasteiger charge is -2.29. The van der Waals surface area contributed by atoms with Crippen LogP contribution in [0.5, 0.6) is 17.2 Å². The maximum atomic E-state index is 9.97. The number of rotatable bonds is 7. The van der Waals surface area contributed by atoms with Gasteiger partial charge in [0.1, 0.15) is 0 Å². The Morgan fingerprint density at radius 2 is 1.71 bits per heavy atom. The van der Waals surface area contributed by atoms with Gasteiger partial charge < -0.3 is 15.3 Å². The number of phenols is 3. The van der Waals surface area contributed by atoms with E-state index in [-0.39, 0.29) is 11.5 Å². The summed E-state index contributed by atoms with van der Waals surface area (Å²) in [5, 5.41) is 29.1. The van der Waals surface area contributed by atoms with Crippen LogP contribution in [0.4, 0.5) is 0 Å². The van der Waals surface area contributed by atoms with Crippen molar-refractivity contribution in [3.05, 3.63) is 17.2 Å². The van der Waals surface area contributed by atoms with Crippen molar-refractivity contribution in [1.82, 2.24) is 4.90 Å². The van der Waals surface area contributed by atoms with E-state index in [9.17, 15) is 15.3 Å². The Morgan fingerprint density at radius 1 is 1.00 bits per heavy atom. The van der Waals surface area contributed by atoms with Crippen molar-refractivity contribution in [3.8, 4) is 17.2 Å². The smallest absolute Gasteiger partial charge is 0.200 e. The van der Waals surface area contributed by atoms with Crippen LogP contribution in [-0.4, -0.2) is 33.3 Å². The van der Waals surface area contributed by atoms with E-state index < -0.39 is 5.75 Å². The third-order valence-corrected chi connectivity index (χ3v) is 4.36. The van der Waals surface area contributed by atoms with Gasteiger partial charge in [-0.15, -0.1) is 0 Å². The second kappa shape index (κ2) is 7.55. The molecule has 0 spiro atoms. The van der Waals surface area contributed by atoms with E-state index in [2.05, 4.69) is 11.8 Å². The molecule has 4 heteroatoms. The minimum atomic E-state index is -0.393. The van der Waals surface area contributed by atoms with E-state index in [4.69, 9.17) is 0 Å². The van der Waals surface area contributed by atoms with Gasteiger partial charge in [-0.2, -0.15) is 0 Å². The number of aromatic hydroxyl groups is 3. The van der Waals surface area contributed by atoms with Crippen LogP contribution in [0.3, 0.4) is 0 Å². The maximum absolute atomic E-state index is 9.97. The Labute approximate surface area is 127 Å². The zero-order chi connectivity index (χ0) is 15.2. The van der Waals surface area contributed by atoms with E-state index in [1.165, 1.54) is 38.5 Å². The zero-order valence-electron chi connectivity index (χ0n) is 12.9. The van der Waals surface area contributed by atoms with Crippen LogP contribution >= 0.6 is 0 Å². The van der Waals surface area contributed by atoms with Gasteiger partial charge in [-0.1, -0.05) is 39.0 Å². The highest BCUT2D eigenvalue weighted by molar-refractivity contribution is 5.57.